The van der Waals surface area contributed by atoms with Crippen LogP contribution in [0.5, 0.6) is 0 Å². The molecule has 1 aromatic carbocycles. The predicted octanol–water partition coefficient (Wildman–Crippen LogP) is 2.79. The summed E-state index contributed by atoms with van der Waals surface area (Å²) in [7, 11) is 0. The number of hydrogen-bond donors (Lipinski definition) is 0. The molecule has 0 saturated carbocycles. The Morgan fingerprint density at radius 2 is 1.89 bits per heavy atom. The van der Waals surface area contributed by atoms with Crippen molar-refractivity contribution in [2.45, 2.75) is 12.6 Å². The van der Waals surface area contributed by atoms with Gasteiger partial charge in [0.25, 0.3) is 0 Å². The molecule has 5 rings (SSSR count). The number of ether oxygens (including phenoxy) is 1. The molecule has 28 heavy (non-hydrogen) atoms. The van der Waals surface area contributed by atoms with Crippen LogP contribution in [0.3, 0.4) is 0 Å². The van der Waals surface area contributed by atoms with Gasteiger partial charge in [-0.05, 0) is 30.3 Å². The standard InChI is InChI=1S/C21H20N6O/c1-2-5-19-18(4-1)21(25-20(24-19)16-6-9-22-10-7-16)26-12-13-28-17(14-26)15-27-11-3-8-23-27/h1-11,17H,12-15H2. The Kier molecular flexibility index (Phi) is 4.42. The molecule has 3 aromatic heterocycles. The van der Waals surface area contributed by atoms with Crippen LogP contribution in [0.15, 0.2) is 67.3 Å². The zero-order chi connectivity index (χ0) is 18.8. The number of pyridine rings is 1. The van der Waals surface area contributed by atoms with Crippen molar-refractivity contribution in [2.75, 3.05) is 24.6 Å². The van der Waals surface area contributed by atoms with Gasteiger partial charge in [-0.2, -0.15) is 5.10 Å². The number of hydrogen-bond acceptors (Lipinski definition) is 6. The second kappa shape index (κ2) is 7.36. The van der Waals surface area contributed by atoms with Crippen LogP contribution < -0.4 is 4.90 Å². The average molecular weight is 372 g/mol. The van der Waals surface area contributed by atoms with Crippen LogP contribution in [0.4, 0.5) is 5.82 Å². The largest absolute Gasteiger partial charge is 0.373 e. The summed E-state index contributed by atoms with van der Waals surface area (Å²) < 4.78 is 7.89. The van der Waals surface area contributed by atoms with Gasteiger partial charge in [-0.25, -0.2) is 9.97 Å². The van der Waals surface area contributed by atoms with E-state index in [1.807, 2.05) is 47.3 Å². The fourth-order valence-electron chi connectivity index (χ4n) is 3.57. The summed E-state index contributed by atoms with van der Waals surface area (Å²) in [6, 6.07) is 14.0. The Bertz CT molecular complexity index is 1070. The number of morpholine rings is 1. The first-order valence-electron chi connectivity index (χ1n) is 9.38. The second-order valence-corrected chi connectivity index (χ2v) is 6.79. The van der Waals surface area contributed by atoms with Gasteiger partial charge in [0.2, 0.25) is 0 Å². The summed E-state index contributed by atoms with van der Waals surface area (Å²) in [5.41, 5.74) is 1.90. The lowest BCUT2D eigenvalue weighted by molar-refractivity contribution is 0.0273. The molecule has 7 nitrogen and oxygen atoms in total. The molecule has 1 aliphatic rings. The van der Waals surface area contributed by atoms with E-state index in [2.05, 4.69) is 21.0 Å². The van der Waals surface area contributed by atoms with E-state index in [1.165, 1.54) is 0 Å². The van der Waals surface area contributed by atoms with Crippen LogP contribution in [-0.2, 0) is 11.3 Å². The van der Waals surface area contributed by atoms with E-state index in [9.17, 15) is 0 Å². The van der Waals surface area contributed by atoms with E-state index in [0.717, 1.165) is 41.9 Å². The number of aromatic nitrogens is 5. The smallest absolute Gasteiger partial charge is 0.162 e. The monoisotopic (exact) mass is 372 g/mol. The van der Waals surface area contributed by atoms with Crippen molar-refractivity contribution in [2.24, 2.45) is 0 Å². The van der Waals surface area contributed by atoms with E-state index < -0.39 is 0 Å². The highest BCUT2D eigenvalue weighted by molar-refractivity contribution is 5.91. The quantitative estimate of drug-likeness (QED) is 0.549. The Morgan fingerprint density at radius 3 is 2.75 bits per heavy atom. The molecular formula is C21H20N6O. The molecule has 0 bridgehead atoms. The van der Waals surface area contributed by atoms with Gasteiger partial charge in [-0.15, -0.1) is 0 Å². The fourth-order valence-corrected chi connectivity index (χ4v) is 3.57. The highest BCUT2D eigenvalue weighted by atomic mass is 16.5. The van der Waals surface area contributed by atoms with Crippen molar-refractivity contribution in [1.82, 2.24) is 24.7 Å². The van der Waals surface area contributed by atoms with Crippen molar-refractivity contribution in [1.29, 1.82) is 0 Å². The maximum Gasteiger partial charge on any atom is 0.162 e. The molecule has 1 saturated heterocycles. The Hall–Kier alpha value is -3.32. The molecule has 7 heteroatoms. The van der Waals surface area contributed by atoms with Crippen molar-refractivity contribution < 1.29 is 4.74 Å². The van der Waals surface area contributed by atoms with E-state index >= 15 is 0 Å². The number of para-hydroxylation sites is 1. The minimum absolute atomic E-state index is 0.0618. The normalized spacial score (nSPS) is 17.1. The van der Waals surface area contributed by atoms with E-state index in [0.29, 0.717) is 12.4 Å². The highest BCUT2D eigenvalue weighted by Gasteiger charge is 2.24. The zero-order valence-corrected chi connectivity index (χ0v) is 15.3. The molecule has 0 amide bonds. The summed E-state index contributed by atoms with van der Waals surface area (Å²) in [4.78, 5) is 16.1. The molecule has 0 N–H and O–H groups in total. The van der Waals surface area contributed by atoms with Gasteiger partial charge in [0.05, 0.1) is 24.8 Å². The van der Waals surface area contributed by atoms with Gasteiger partial charge in [-0.3, -0.25) is 9.67 Å². The van der Waals surface area contributed by atoms with Crippen LogP contribution in [0, 0.1) is 0 Å². The lowest BCUT2D eigenvalue weighted by atomic mass is 10.1. The molecule has 1 atom stereocenters. The lowest BCUT2D eigenvalue weighted by Gasteiger charge is -2.34. The SMILES string of the molecule is c1ccc2c(N3CCOC(Cn4cccn4)C3)nc(-c3ccncc3)nc2c1. The van der Waals surface area contributed by atoms with Crippen molar-refractivity contribution >= 4 is 16.7 Å². The molecular weight excluding hydrogens is 352 g/mol. The Morgan fingerprint density at radius 1 is 1.00 bits per heavy atom. The summed E-state index contributed by atoms with van der Waals surface area (Å²) >= 11 is 0. The van der Waals surface area contributed by atoms with Gasteiger partial charge in [0, 0.05) is 48.8 Å². The van der Waals surface area contributed by atoms with Crippen LogP contribution >= 0.6 is 0 Å². The first-order chi connectivity index (χ1) is 13.9. The minimum atomic E-state index is 0.0618. The van der Waals surface area contributed by atoms with E-state index in [1.54, 1.807) is 18.6 Å². The highest BCUT2D eigenvalue weighted by Crippen LogP contribution is 2.28. The predicted molar refractivity (Wildman–Crippen MR) is 107 cm³/mol. The molecule has 0 radical (unpaired) electrons. The molecule has 1 fully saturated rings. The van der Waals surface area contributed by atoms with Crippen LogP contribution in [0.1, 0.15) is 0 Å². The molecule has 0 spiro atoms. The Labute approximate surface area is 162 Å². The minimum Gasteiger partial charge on any atom is -0.373 e. The topological polar surface area (TPSA) is 69.0 Å². The van der Waals surface area contributed by atoms with Gasteiger partial charge in [0.1, 0.15) is 5.82 Å². The van der Waals surface area contributed by atoms with Gasteiger partial charge < -0.3 is 9.64 Å². The average Bonchev–Trinajstić information content (AvgIpc) is 3.27. The third-order valence-corrected chi connectivity index (χ3v) is 4.91. The molecule has 4 heterocycles. The summed E-state index contributed by atoms with van der Waals surface area (Å²) in [6.45, 7) is 2.95. The van der Waals surface area contributed by atoms with Crippen molar-refractivity contribution in [3.63, 3.8) is 0 Å². The summed E-state index contributed by atoms with van der Waals surface area (Å²) in [5.74, 6) is 1.66. The maximum atomic E-state index is 5.98. The summed E-state index contributed by atoms with van der Waals surface area (Å²) in [6.07, 6.45) is 7.35. The van der Waals surface area contributed by atoms with E-state index in [4.69, 9.17) is 14.7 Å². The lowest BCUT2D eigenvalue weighted by Crippen LogP contribution is -2.44. The van der Waals surface area contributed by atoms with Gasteiger partial charge in [0.15, 0.2) is 5.82 Å². The molecule has 4 aromatic rings. The molecule has 0 aliphatic carbocycles. The Balaban J connectivity index is 1.52. The van der Waals surface area contributed by atoms with E-state index in [-0.39, 0.29) is 6.10 Å². The molecule has 140 valence electrons. The second-order valence-electron chi connectivity index (χ2n) is 6.79. The van der Waals surface area contributed by atoms with Gasteiger partial charge >= 0.3 is 0 Å². The molecule has 1 unspecified atom stereocenters. The van der Waals surface area contributed by atoms with Crippen LogP contribution in [-0.4, -0.2) is 50.5 Å². The maximum absolute atomic E-state index is 5.98. The molecule has 1 aliphatic heterocycles. The van der Waals surface area contributed by atoms with Crippen molar-refractivity contribution in [3.05, 3.63) is 67.3 Å². The van der Waals surface area contributed by atoms with Crippen molar-refractivity contribution in [3.8, 4) is 11.4 Å². The fraction of sp³-hybridized carbons (Fsp3) is 0.238. The number of fused-ring (bicyclic) bond motifs is 1. The third kappa shape index (κ3) is 3.32. The zero-order valence-electron chi connectivity index (χ0n) is 15.3. The van der Waals surface area contributed by atoms with Gasteiger partial charge in [-0.1, -0.05) is 12.1 Å². The summed E-state index contributed by atoms with van der Waals surface area (Å²) in [5, 5.41) is 5.35. The number of benzene rings is 1. The number of nitrogens with zero attached hydrogens (tertiary/aromatic N) is 6. The van der Waals surface area contributed by atoms with Crippen LogP contribution in [0.2, 0.25) is 0 Å². The van der Waals surface area contributed by atoms with Crippen LogP contribution in [0.25, 0.3) is 22.3 Å². The first kappa shape index (κ1) is 16.8. The first-order valence-corrected chi connectivity index (χ1v) is 9.38. The number of anilines is 1. The third-order valence-electron chi connectivity index (χ3n) is 4.91. The number of rotatable bonds is 4.